The second-order valence-corrected chi connectivity index (χ2v) is 5.31. The average Bonchev–Trinajstić information content (AvgIpc) is 2.75. The Labute approximate surface area is 117 Å². The maximum absolute atomic E-state index is 10.6. The van der Waals surface area contributed by atoms with Crippen LogP contribution in [0.4, 0.5) is 5.69 Å². The van der Waals surface area contributed by atoms with Crippen LogP contribution in [0.2, 0.25) is 0 Å². The summed E-state index contributed by atoms with van der Waals surface area (Å²) in [7, 11) is 0. The van der Waals surface area contributed by atoms with Gasteiger partial charge in [-0.05, 0) is 13.8 Å². The molecular weight excluding hydrogens is 264 g/mol. The van der Waals surface area contributed by atoms with Crippen molar-refractivity contribution in [3.05, 3.63) is 22.5 Å². The second kappa shape index (κ2) is 6.29. The van der Waals surface area contributed by atoms with Crippen molar-refractivity contribution in [1.29, 1.82) is 0 Å². The van der Waals surface area contributed by atoms with E-state index in [1.54, 1.807) is 0 Å². The highest BCUT2D eigenvalue weighted by atomic mass is 16.6. The molecule has 8 heteroatoms. The van der Waals surface area contributed by atoms with Crippen LogP contribution < -0.4 is 0 Å². The Kier molecular flexibility index (Phi) is 4.69. The molecule has 0 radical (unpaired) electrons. The van der Waals surface area contributed by atoms with Crippen LogP contribution in [0.25, 0.3) is 0 Å². The molecule has 0 aromatic carbocycles. The van der Waals surface area contributed by atoms with E-state index in [9.17, 15) is 15.2 Å². The molecule has 1 fully saturated rings. The Morgan fingerprint density at radius 1 is 1.50 bits per heavy atom. The average molecular weight is 284 g/mol. The first-order valence-electron chi connectivity index (χ1n) is 6.66. The van der Waals surface area contributed by atoms with Gasteiger partial charge < -0.3 is 9.84 Å². The molecule has 0 aliphatic carbocycles. The predicted octanol–water partition coefficient (Wildman–Crippen LogP) is 0.261. The fraction of sp³-hybridized carbons (Fsp3) is 0.750. The molecule has 2 rings (SSSR count). The maximum atomic E-state index is 10.6. The number of hydrogen-bond acceptors (Lipinski definition) is 6. The molecule has 2 heterocycles. The van der Waals surface area contributed by atoms with Gasteiger partial charge in [0.05, 0.1) is 29.8 Å². The summed E-state index contributed by atoms with van der Waals surface area (Å²) in [6, 6.07) is 0. The minimum Gasteiger partial charge on any atom is -0.390 e. The number of ether oxygens (including phenoxy) is 1. The fourth-order valence-electron chi connectivity index (χ4n) is 2.55. The molecule has 8 nitrogen and oxygen atoms in total. The molecule has 0 bridgehead atoms. The van der Waals surface area contributed by atoms with Crippen molar-refractivity contribution in [2.45, 2.75) is 38.7 Å². The third-order valence-electron chi connectivity index (χ3n) is 3.19. The summed E-state index contributed by atoms with van der Waals surface area (Å²) in [5.74, 6) is 0. The normalized spacial score (nSPS) is 25.6. The zero-order chi connectivity index (χ0) is 14.7. The molecule has 20 heavy (non-hydrogen) atoms. The van der Waals surface area contributed by atoms with Crippen molar-refractivity contribution < 1.29 is 14.8 Å². The predicted molar refractivity (Wildman–Crippen MR) is 71.3 cm³/mol. The molecule has 1 N–H and O–H groups in total. The number of aliphatic hydroxyl groups excluding tert-OH is 1. The van der Waals surface area contributed by atoms with Crippen LogP contribution in [0.5, 0.6) is 0 Å². The van der Waals surface area contributed by atoms with E-state index in [0.717, 1.165) is 13.1 Å². The Bertz CT molecular complexity index is 454. The Morgan fingerprint density at radius 2 is 2.15 bits per heavy atom. The number of aliphatic hydroxyl groups is 1. The number of morpholine rings is 1. The second-order valence-electron chi connectivity index (χ2n) is 5.31. The van der Waals surface area contributed by atoms with E-state index in [2.05, 4.69) is 10.00 Å². The van der Waals surface area contributed by atoms with E-state index >= 15 is 0 Å². The fourth-order valence-corrected chi connectivity index (χ4v) is 2.55. The molecular formula is C12H20N4O4. The highest BCUT2D eigenvalue weighted by molar-refractivity contribution is 5.20. The van der Waals surface area contributed by atoms with E-state index in [-0.39, 0.29) is 24.4 Å². The first-order chi connectivity index (χ1) is 9.44. The monoisotopic (exact) mass is 284 g/mol. The number of nitrogens with zero attached hydrogens (tertiary/aromatic N) is 4. The van der Waals surface area contributed by atoms with Crippen LogP contribution in [0.1, 0.15) is 13.8 Å². The Morgan fingerprint density at radius 3 is 2.70 bits per heavy atom. The topological polar surface area (TPSA) is 93.7 Å². The summed E-state index contributed by atoms with van der Waals surface area (Å²) in [5, 5.41) is 24.5. The third-order valence-corrected chi connectivity index (χ3v) is 3.19. The van der Waals surface area contributed by atoms with Crippen LogP contribution in [-0.4, -0.2) is 62.7 Å². The summed E-state index contributed by atoms with van der Waals surface area (Å²) in [4.78, 5) is 12.2. The zero-order valence-corrected chi connectivity index (χ0v) is 11.7. The van der Waals surface area contributed by atoms with Gasteiger partial charge in [0.2, 0.25) is 0 Å². The lowest BCUT2D eigenvalue weighted by Gasteiger charge is -2.36. The molecule has 0 saturated carbocycles. The number of aromatic nitrogens is 2. The lowest BCUT2D eigenvalue weighted by atomic mass is 10.2. The van der Waals surface area contributed by atoms with E-state index in [0.29, 0.717) is 6.54 Å². The van der Waals surface area contributed by atoms with Gasteiger partial charge in [0.1, 0.15) is 12.4 Å². The van der Waals surface area contributed by atoms with Crippen LogP contribution in [0.3, 0.4) is 0 Å². The highest BCUT2D eigenvalue weighted by Gasteiger charge is 2.24. The van der Waals surface area contributed by atoms with Gasteiger partial charge in [0.15, 0.2) is 0 Å². The van der Waals surface area contributed by atoms with E-state index in [1.807, 2.05) is 13.8 Å². The quantitative estimate of drug-likeness (QED) is 0.616. The van der Waals surface area contributed by atoms with Gasteiger partial charge in [-0.1, -0.05) is 0 Å². The van der Waals surface area contributed by atoms with Crippen molar-refractivity contribution in [3.8, 4) is 0 Å². The first-order valence-corrected chi connectivity index (χ1v) is 6.66. The molecule has 0 amide bonds. The van der Waals surface area contributed by atoms with Crippen molar-refractivity contribution in [2.75, 3.05) is 19.6 Å². The van der Waals surface area contributed by atoms with E-state index in [4.69, 9.17) is 4.74 Å². The standard InChI is InChI=1S/C12H20N4O4/c1-9-4-14(5-10(2)20-9)7-12(17)8-15-6-11(3-13-15)16(18)19/h3,6,9-10,12,17H,4-5,7-8H2,1-2H3. The van der Waals surface area contributed by atoms with Gasteiger partial charge in [-0.3, -0.25) is 19.7 Å². The number of β-amino-alcohol motifs (C(OH)–C–C–N with tert-alkyl or cyclic N) is 1. The molecule has 1 aliphatic heterocycles. The first kappa shape index (κ1) is 14.9. The van der Waals surface area contributed by atoms with Crippen LogP contribution in [0, 0.1) is 10.1 Å². The van der Waals surface area contributed by atoms with Gasteiger partial charge >= 0.3 is 5.69 Å². The molecule has 3 unspecified atom stereocenters. The highest BCUT2D eigenvalue weighted by Crippen LogP contribution is 2.12. The molecule has 0 spiro atoms. The Balaban J connectivity index is 1.85. The van der Waals surface area contributed by atoms with E-state index < -0.39 is 11.0 Å². The van der Waals surface area contributed by atoms with Crippen molar-refractivity contribution in [1.82, 2.24) is 14.7 Å². The smallest absolute Gasteiger partial charge is 0.306 e. The molecule has 1 aliphatic rings. The molecule has 1 saturated heterocycles. The van der Waals surface area contributed by atoms with Crippen LogP contribution in [-0.2, 0) is 11.3 Å². The van der Waals surface area contributed by atoms with Crippen LogP contribution in [0.15, 0.2) is 12.4 Å². The van der Waals surface area contributed by atoms with Gasteiger partial charge in [0.25, 0.3) is 0 Å². The van der Waals surface area contributed by atoms with Crippen molar-refractivity contribution in [3.63, 3.8) is 0 Å². The van der Waals surface area contributed by atoms with Gasteiger partial charge in [-0.2, -0.15) is 5.10 Å². The Hall–Kier alpha value is -1.51. The minimum atomic E-state index is -0.619. The molecule has 3 atom stereocenters. The lowest BCUT2D eigenvalue weighted by molar-refractivity contribution is -0.385. The SMILES string of the molecule is CC1CN(CC(O)Cn2cc([N+](=O)[O-])cn2)CC(C)O1. The summed E-state index contributed by atoms with van der Waals surface area (Å²) in [6.45, 7) is 6.32. The van der Waals surface area contributed by atoms with Crippen molar-refractivity contribution >= 4 is 5.69 Å². The molecule has 1 aromatic rings. The third kappa shape index (κ3) is 3.99. The summed E-state index contributed by atoms with van der Waals surface area (Å²) in [6.07, 6.45) is 2.19. The molecule has 1 aromatic heterocycles. The van der Waals surface area contributed by atoms with Gasteiger partial charge in [-0.25, -0.2) is 0 Å². The number of rotatable bonds is 5. The minimum absolute atomic E-state index is 0.0641. The number of nitro groups is 1. The lowest BCUT2D eigenvalue weighted by Crippen LogP contribution is -2.48. The van der Waals surface area contributed by atoms with Crippen LogP contribution >= 0.6 is 0 Å². The maximum Gasteiger partial charge on any atom is 0.306 e. The zero-order valence-electron chi connectivity index (χ0n) is 11.7. The van der Waals surface area contributed by atoms with Gasteiger partial charge in [0, 0.05) is 19.6 Å². The van der Waals surface area contributed by atoms with Crippen molar-refractivity contribution in [2.24, 2.45) is 0 Å². The summed E-state index contributed by atoms with van der Waals surface area (Å²) < 4.78 is 7.03. The summed E-state index contributed by atoms with van der Waals surface area (Å²) in [5.41, 5.74) is -0.0641. The summed E-state index contributed by atoms with van der Waals surface area (Å²) >= 11 is 0. The largest absolute Gasteiger partial charge is 0.390 e. The van der Waals surface area contributed by atoms with E-state index in [1.165, 1.54) is 17.1 Å². The molecule has 112 valence electrons. The number of hydrogen-bond donors (Lipinski definition) is 1. The van der Waals surface area contributed by atoms with Gasteiger partial charge in [-0.15, -0.1) is 0 Å².